The van der Waals surface area contributed by atoms with Crippen LogP contribution in [-0.2, 0) is 4.79 Å². The normalized spacial score (nSPS) is 38.5. The summed E-state index contributed by atoms with van der Waals surface area (Å²) in [6, 6.07) is 0. The second-order valence-electron chi connectivity index (χ2n) is 4.26. The van der Waals surface area contributed by atoms with Gasteiger partial charge < -0.3 is 0 Å². The topological polar surface area (TPSA) is 17.1 Å². The van der Waals surface area contributed by atoms with Crippen LogP contribution in [0.15, 0.2) is 0 Å². The van der Waals surface area contributed by atoms with Gasteiger partial charge in [-0.3, -0.25) is 4.79 Å². The standard InChI is InChI=1S/C10H14F2O/c11-10(12)6-5-7-3-1-2-4-8(7)9(10)13/h7-8H,1-6H2. The lowest BCUT2D eigenvalue weighted by atomic mass is 9.69. The summed E-state index contributed by atoms with van der Waals surface area (Å²) in [5, 5.41) is 0. The van der Waals surface area contributed by atoms with Gasteiger partial charge in [-0.05, 0) is 25.2 Å². The van der Waals surface area contributed by atoms with Crippen molar-refractivity contribution >= 4 is 5.78 Å². The maximum absolute atomic E-state index is 13.0. The zero-order valence-corrected chi connectivity index (χ0v) is 7.56. The van der Waals surface area contributed by atoms with E-state index in [0.717, 1.165) is 19.3 Å². The largest absolute Gasteiger partial charge is 0.305 e. The molecule has 13 heavy (non-hydrogen) atoms. The molecular weight excluding hydrogens is 174 g/mol. The molecule has 2 rings (SSSR count). The van der Waals surface area contributed by atoms with Gasteiger partial charge in [-0.25, -0.2) is 0 Å². The summed E-state index contributed by atoms with van der Waals surface area (Å²) in [7, 11) is 0. The molecule has 0 aromatic carbocycles. The van der Waals surface area contributed by atoms with E-state index >= 15 is 0 Å². The first-order chi connectivity index (χ1) is 6.11. The Morgan fingerprint density at radius 1 is 1.15 bits per heavy atom. The lowest BCUT2D eigenvalue weighted by molar-refractivity contribution is -0.158. The van der Waals surface area contributed by atoms with Crippen LogP contribution < -0.4 is 0 Å². The van der Waals surface area contributed by atoms with Crippen LogP contribution in [0, 0.1) is 11.8 Å². The molecule has 1 nitrogen and oxygen atoms in total. The second kappa shape index (κ2) is 3.03. The minimum atomic E-state index is -3.02. The number of Topliss-reactive ketones (excluding diaryl/α,β-unsaturated/α-hetero) is 1. The highest BCUT2D eigenvalue weighted by molar-refractivity contribution is 5.88. The van der Waals surface area contributed by atoms with Gasteiger partial charge in [0.1, 0.15) is 0 Å². The molecule has 2 fully saturated rings. The Morgan fingerprint density at radius 2 is 1.85 bits per heavy atom. The molecule has 0 heterocycles. The summed E-state index contributed by atoms with van der Waals surface area (Å²) in [4.78, 5) is 11.3. The Bertz CT molecular complexity index is 225. The third kappa shape index (κ3) is 1.49. The summed E-state index contributed by atoms with van der Waals surface area (Å²) < 4.78 is 26.0. The Kier molecular flexibility index (Phi) is 2.12. The smallest absolute Gasteiger partial charge is 0.293 e. The van der Waals surface area contributed by atoms with E-state index in [-0.39, 0.29) is 18.3 Å². The molecule has 2 atom stereocenters. The molecule has 2 unspecified atom stereocenters. The van der Waals surface area contributed by atoms with Crippen molar-refractivity contribution in [1.82, 2.24) is 0 Å². The van der Waals surface area contributed by atoms with Crippen LogP contribution in [-0.4, -0.2) is 11.7 Å². The Hall–Kier alpha value is -0.470. The minimum Gasteiger partial charge on any atom is -0.293 e. The number of halogens is 2. The SMILES string of the molecule is O=C1C2CCCCC2CCC1(F)F. The molecular formula is C10H14F2O. The van der Waals surface area contributed by atoms with E-state index in [1.54, 1.807) is 0 Å². The maximum Gasteiger partial charge on any atom is 0.305 e. The van der Waals surface area contributed by atoms with Gasteiger partial charge >= 0.3 is 5.92 Å². The number of rotatable bonds is 0. The van der Waals surface area contributed by atoms with E-state index < -0.39 is 11.7 Å². The maximum atomic E-state index is 13.0. The first kappa shape index (κ1) is 9.10. The van der Waals surface area contributed by atoms with Crippen LogP contribution in [0.25, 0.3) is 0 Å². The number of fused-ring (bicyclic) bond motifs is 1. The highest BCUT2D eigenvalue weighted by Crippen LogP contribution is 2.43. The highest BCUT2D eigenvalue weighted by atomic mass is 19.3. The Labute approximate surface area is 76.5 Å². The van der Waals surface area contributed by atoms with E-state index in [2.05, 4.69) is 0 Å². The molecule has 74 valence electrons. The number of hydrogen-bond donors (Lipinski definition) is 0. The van der Waals surface area contributed by atoms with Gasteiger partial charge in [0.2, 0.25) is 5.78 Å². The third-order valence-electron chi connectivity index (χ3n) is 3.44. The third-order valence-corrected chi connectivity index (χ3v) is 3.44. The van der Waals surface area contributed by atoms with E-state index in [0.29, 0.717) is 12.8 Å². The average molecular weight is 188 g/mol. The number of hydrogen-bond acceptors (Lipinski definition) is 1. The number of ketones is 1. The molecule has 0 aliphatic heterocycles. The minimum absolute atomic E-state index is 0.215. The van der Waals surface area contributed by atoms with Crippen molar-refractivity contribution < 1.29 is 13.6 Å². The lowest BCUT2D eigenvalue weighted by Crippen LogP contribution is -2.44. The first-order valence-electron chi connectivity index (χ1n) is 5.03. The first-order valence-corrected chi connectivity index (χ1v) is 5.03. The van der Waals surface area contributed by atoms with Crippen molar-refractivity contribution in [3.05, 3.63) is 0 Å². The number of carbonyl (C=O) groups excluding carboxylic acids is 1. The van der Waals surface area contributed by atoms with Crippen molar-refractivity contribution in [2.24, 2.45) is 11.8 Å². The van der Waals surface area contributed by atoms with Crippen molar-refractivity contribution in [1.29, 1.82) is 0 Å². The fourth-order valence-electron chi connectivity index (χ4n) is 2.66. The predicted octanol–water partition coefficient (Wildman–Crippen LogP) is 2.79. The fourth-order valence-corrected chi connectivity index (χ4v) is 2.66. The van der Waals surface area contributed by atoms with E-state index in [9.17, 15) is 13.6 Å². The molecule has 0 spiro atoms. The molecule has 0 radical (unpaired) electrons. The van der Waals surface area contributed by atoms with Gasteiger partial charge in [-0.2, -0.15) is 8.78 Å². The predicted molar refractivity (Wildman–Crippen MR) is 44.6 cm³/mol. The van der Waals surface area contributed by atoms with E-state index in [4.69, 9.17) is 0 Å². The number of alkyl halides is 2. The van der Waals surface area contributed by atoms with Crippen LogP contribution in [0.2, 0.25) is 0 Å². The fraction of sp³-hybridized carbons (Fsp3) is 0.900. The number of carbonyl (C=O) groups is 1. The van der Waals surface area contributed by atoms with Gasteiger partial charge in [0.15, 0.2) is 0 Å². The van der Waals surface area contributed by atoms with Gasteiger partial charge in [0.25, 0.3) is 0 Å². The molecule has 2 saturated carbocycles. The highest BCUT2D eigenvalue weighted by Gasteiger charge is 2.49. The lowest BCUT2D eigenvalue weighted by Gasteiger charge is -2.37. The van der Waals surface area contributed by atoms with Gasteiger partial charge in [-0.15, -0.1) is 0 Å². The van der Waals surface area contributed by atoms with Crippen LogP contribution in [0.3, 0.4) is 0 Å². The molecule has 0 bridgehead atoms. The van der Waals surface area contributed by atoms with Crippen LogP contribution >= 0.6 is 0 Å². The molecule has 2 aliphatic carbocycles. The summed E-state index contributed by atoms with van der Waals surface area (Å²) in [5.74, 6) is -3.85. The average Bonchev–Trinajstić information content (AvgIpc) is 2.13. The second-order valence-corrected chi connectivity index (χ2v) is 4.26. The van der Waals surface area contributed by atoms with Crippen molar-refractivity contribution in [2.75, 3.05) is 0 Å². The van der Waals surface area contributed by atoms with Gasteiger partial charge in [0.05, 0.1) is 0 Å². The Balaban J connectivity index is 2.14. The van der Waals surface area contributed by atoms with Crippen LogP contribution in [0.4, 0.5) is 8.78 Å². The zero-order valence-electron chi connectivity index (χ0n) is 7.56. The summed E-state index contributed by atoms with van der Waals surface area (Å²) >= 11 is 0. The molecule has 3 heteroatoms. The van der Waals surface area contributed by atoms with E-state index in [1.807, 2.05) is 0 Å². The van der Waals surface area contributed by atoms with Crippen molar-refractivity contribution in [3.63, 3.8) is 0 Å². The summed E-state index contributed by atoms with van der Waals surface area (Å²) in [6.45, 7) is 0. The summed E-state index contributed by atoms with van der Waals surface area (Å²) in [5.41, 5.74) is 0. The molecule has 0 aromatic rings. The van der Waals surface area contributed by atoms with Crippen LogP contribution in [0.5, 0.6) is 0 Å². The molecule has 2 aliphatic rings. The molecule has 0 amide bonds. The molecule has 0 aromatic heterocycles. The molecule has 0 saturated heterocycles. The summed E-state index contributed by atoms with van der Waals surface area (Å²) in [6.07, 6.45) is 4.06. The molecule has 0 N–H and O–H groups in total. The van der Waals surface area contributed by atoms with Crippen molar-refractivity contribution in [3.8, 4) is 0 Å². The quantitative estimate of drug-likeness (QED) is 0.571. The monoisotopic (exact) mass is 188 g/mol. The van der Waals surface area contributed by atoms with Gasteiger partial charge in [0, 0.05) is 12.3 Å². The van der Waals surface area contributed by atoms with Gasteiger partial charge in [-0.1, -0.05) is 12.8 Å². The van der Waals surface area contributed by atoms with Crippen molar-refractivity contribution in [2.45, 2.75) is 44.4 Å². The van der Waals surface area contributed by atoms with E-state index in [1.165, 1.54) is 0 Å². The van der Waals surface area contributed by atoms with Crippen LogP contribution in [0.1, 0.15) is 38.5 Å². The zero-order chi connectivity index (χ0) is 9.47. The Morgan fingerprint density at radius 3 is 2.62 bits per heavy atom.